The molecule has 4 N–H and O–H groups in total. The average molecular weight is 417 g/mol. The molecule has 0 amide bonds. The van der Waals surface area contributed by atoms with Gasteiger partial charge in [-0.1, -0.05) is 23.7 Å². The first-order chi connectivity index (χ1) is 14.6. The average Bonchev–Trinajstić information content (AvgIpc) is 3.10. The van der Waals surface area contributed by atoms with E-state index in [9.17, 15) is 0 Å². The van der Waals surface area contributed by atoms with E-state index in [4.69, 9.17) is 27.8 Å². The van der Waals surface area contributed by atoms with E-state index in [0.717, 1.165) is 27.9 Å². The molecule has 3 aromatic heterocycles. The second-order valence-corrected chi connectivity index (χ2v) is 7.26. The Morgan fingerprint density at radius 1 is 1.00 bits per heavy atom. The Kier molecular flexibility index (Phi) is 4.37. The van der Waals surface area contributed by atoms with Gasteiger partial charge in [-0.3, -0.25) is 4.57 Å². The minimum Gasteiger partial charge on any atom is -0.489 e. The highest BCUT2D eigenvalue weighted by Gasteiger charge is 2.13. The van der Waals surface area contributed by atoms with E-state index in [2.05, 4.69) is 15.0 Å². The van der Waals surface area contributed by atoms with E-state index in [0.29, 0.717) is 34.3 Å². The maximum Gasteiger partial charge on any atom is 0.151 e. The molecule has 0 saturated carbocycles. The van der Waals surface area contributed by atoms with E-state index < -0.39 is 0 Å². The lowest BCUT2D eigenvalue weighted by atomic mass is 10.2. The van der Waals surface area contributed by atoms with Gasteiger partial charge in [-0.25, -0.2) is 15.0 Å². The molecule has 5 aromatic rings. The van der Waals surface area contributed by atoms with Crippen molar-refractivity contribution in [1.29, 1.82) is 0 Å². The van der Waals surface area contributed by atoms with E-state index in [1.165, 1.54) is 6.33 Å². The molecule has 0 fully saturated rings. The second-order valence-electron chi connectivity index (χ2n) is 6.85. The molecule has 0 aliphatic heterocycles. The minimum atomic E-state index is 0.355. The van der Waals surface area contributed by atoms with Crippen molar-refractivity contribution in [3.63, 3.8) is 0 Å². The van der Waals surface area contributed by atoms with Crippen LogP contribution in [-0.2, 0) is 6.61 Å². The standard InChI is InChI=1S/C22H17ClN6O/c23-17-10-29(22-20(17)21(25)26-12-27-22)15-3-1-2-13(8-15)11-30-16-6-4-14-5-7-19(24)28-18(14)9-16/h1-10,12H,11H2,(H2,24,28)(H2,25,26,27). The van der Waals surface area contributed by atoms with Crippen LogP contribution in [0.15, 0.2) is 67.1 Å². The fraction of sp³-hybridized carbons (Fsp3) is 0.0455. The van der Waals surface area contributed by atoms with Crippen LogP contribution in [0.3, 0.4) is 0 Å². The van der Waals surface area contributed by atoms with Gasteiger partial charge in [-0.15, -0.1) is 0 Å². The van der Waals surface area contributed by atoms with Gasteiger partial charge < -0.3 is 16.2 Å². The lowest BCUT2D eigenvalue weighted by molar-refractivity contribution is 0.306. The van der Waals surface area contributed by atoms with Crippen molar-refractivity contribution >= 4 is 45.2 Å². The highest BCUT2D eigenvalue weighted by molar-refractivity contribution is 6.36. The van der Waals surface area contributed by atoms with E-state index in [1.807, 2.05) is 53.1 Å². The maximum absolute atomic E-state index is 6.35. The molecule has 0 unspecified atom stereocenters. The molecular weight excluding hydrogens is 400 g/mol. The van der Waals surface area contributed by atoms with Gasteiger partial charge in [0.15, 0.2) is 5.65 Å². The number of hydrogen-bond donors (Lipinski definition) is 2. The molecule has 0 radical (unpaired) electrons. The third-order valence-corrected chi connectivity index (χ3v) is 5.13. The predicted molar refractivity (Wildman–Crippen MR) is 119 cm³/mol. The molecule has 0 aliphatic carbocycles. The summed E-state index contributed by atoms with van der Waals surface area (Å²) in [6, 6.07) is 17.4. The molecule has 3 heterocycles. The topological polar surface area (TPSA) is 105 Å². The summed E-state index contributed by atoms with van der Waals surface area (Å²) in [5, 5.41) is 2.16. The molecule has 0 spiro atoms. The van der Waals surface area contributed by atoms with Crippen LogP contribution >= 0.6 is 11.6 Å². The highest BCUT2D eigenvalue weighted by atomic mass is 35.5. The normalized spacial score (nSPS) is 11.2. The minimum absolute atomic E-state index is 0.355. The SMILES string of the molecule is Nc1ccc2ccc(OCc3cccc(-n4cc(Cl)c5c(N)ncnc54)c3)cc2n1. The van der Waals surface area contributed by atoms with Crippen LogP contribution < -0.4 is 16.2 Å². The molecule has 5 rings (SSSR count). The smallest absolute Gasteiger partial charge is 0.151 e. The van der Waals surface area contributed by atoms with Crippen molar-refractivity contribution < 1.29 is 4.74 Å². The zero-order valence-electron chi connectivity index (χ0n) is 15.8. The summed E-state index contributed by atoms with van der Waals surface area (Å²) in [5.41, 5.74) is 15.1. The fourth-order valence-electron chi connectivity index (χ4n) is 3.40. The Balaban J connectivity index is 1.43. The summed E-state index contributed by atoms with van der Waals surface area (Å²) in [6.45, 7) is 0.395. The van der Waals surface area contributed by atoms with Gasteiger partial charge in [-0.05, 0) is 42.0 Å². The van der Waals surface area contributed by atoms with Crippen molar-refractivity contribution in [2.24, 2.45) is 0 Å². The number of halogens is 1. The molecule has 0 aliphatic rings. The Labute approximate surface area is 176 Å². The molecule has 8 heteroatoms. The molecule has 0 atom stereocenters. The van der Waals surface area contributed by atoms with Crippen LogP contribution in [0.25, 0.3) is 27.6 Å². The summed E-state index contributed by atoms with van der Waals surface area (Å²) in [5.74, 6) is 1.56. The van der Waals surface area contributed by atoms with Crippen molar-refractivity contribution in [3.8, 4) is 11.4 Å². The molecule has 148 valence electrons. The number of benzene rings is 2. The van der Waals surface area contributed by atoms with Crippen molar-refractivity contribution in [2.75, 3.05) is 11.5 Å². The predicted octanol–water partition coefficient (Wildman–Crippen LogP) is 4.37. The van der Waals surface area contributed by atoms with Crippen LogP contribution in [0, 0.1) is 0 Å². The van der Waals surface area contributed by atoms with Crippen molar-refractivity contribution in [3.05, 3.63) is 77.7 Å². The first-order valence-corrected chi connectivity index (χ1v) is 9.62. The van der Waals surface area contributed by atoms with Gasteiger partial charge in [0.1, 0.15) is 30.3 Å². The molecule has 2 aromatic carbocycles. The van der Waals surface area contributed by atoms with Crippen LogP contribution in [0.5, 0.6) is 5.75 Å². The Morgan fingerprint density at radius 3 is 2.77 bits per heavy atom. The largest absolute Gasteiger partial charge is 0.489 e. The third-order valence-electron chi connectivity index (χ3n) is 4.85. The van der Waals surface area contributed by atoms with Gasteiger partial charge >= 0.3 is 0 Å². The number of fused-ring (bicyclic) bond motifs is 2. The van der Waals surface area contributed by atoms with Crippen LogP contribution in [0.4, 0.5) is 11.6 Å². The van der Waals surface area contributed by atoms with Crippen LogP contribution in [0.2, 0.25) is 5.02 Å². The Morgan fingerprint density at radius 2 is 1.87 bits per heavy atom. The Bertz CT molecular complexity index is 1400. The summed E-state index contributed by atoms with van der Waals surface area (Å²) < 4.78 is 7.87. The molecule has 30 heavy (non-hydrogen) atoms. The van der Waals surface area contributed by atoms with Gasteiger partial charge in [-0.2, -0.15) is 0 Å². The number of pyridine rings is 1. The summed E-state index contributed by atoms with van der Waals surface area (Å²) >= 11 is 6.35. The lowest BCUT2D eigenvalue weighted by Crippen LogP contribution is -2.00. The molecular formula is C22H17ClN6O. The summed E-state index contributed by atoms with van der Waals surface area (Å²) in [6.07, 6.45) is 3.22. The summed E-state index contributed by atoms with van der Waals surface area (Å²) in [7, 11) is 0. The van der Waals surface area contributed by atoms with Crippen LogP contribution in [0.1, 0.15) is 5.56 Å². The number of nitrogens with zero attached hydrogens (tertiary/aromatic N) is 4. The zero-order chi connectivity index (χ0) is 20.7. The van der Waals surface area contributed by atoms with Gasteiger partial charge in [0.25, 0.3) is 0 Å². The van der Waals surface area contributed by atoms with E-state index in [1.54, 1.807) is 12.3 Å². The summed E-state index contributed by atoms with van der Waals surface area (Å²) in [4.78, 5) is 12.7. The number of hydrogen-bond acceptors (Lipinski definition) is 6. The first kappa shape index (κ1) is 18.2. The quantitative estimate of drug-likeness (QED) is 0.450. The zero-order valence-corrected chi connectivity index (χ0v) is 16.5. The molecule has 0 bridgehead atoms. The Hall–Kier alpha value is -3.84. The first-order valence-electron chi connectivity index (χ1n) is 9.24. The fourth-order valence-corrected chi connectivity index (χ4v) is 3.68. The number of anilines is 2. The van der Waals surface area contributed by atoms with E-state index in [-0.39, 0.29) is 0 Å². The van der Waals surface area contributed by atoms with Gasteiger partial charge in [0.05, 0.1) is 15.9 Å². The van der Waals surface area contributed by atoms with Gasteiger partial charge in [0.2, 0.25) is 0 Å². The number of ether oxygens (including phenoxy) is 1. The van der Waals surface area contributed by atoms with Crippen LogP contribution in [-0.4, -0.2) is 19.5 Å². The lowest BCUT2D eigenvalue weighted by Gasteiger charge is -2.10. The number of nitrogen functional groups attached to an aromatic ring is 2. The second kappa shape index (κ2) is 7.20. The number of rotatable bonds is 4. The third kappa shape index (κ3) is 3.25. The molecule has 7 nitrogen and oxygen atoms in total. The van der Waals surface area contributed by atoms with Gasteiger partial charge in [0, 0.05) is 23.3 Å². The number of nitrogens with two attached hydrogens (primary N) is 2. The molecule has 0 saturated heterocycles. The van der Waals surface area contributed by atoms with Crippen molar-refractivity contribution in [1.82, 2.24) is 19.5 Å². The highest BCUT2D eigenvalue weighted by Crippen LogP contribution is 2.30. The number of aromatic nitrogens is 4. The van der Waals surface area contributed by atoms with Crippen molar-refractivity contribution in [2.45, 2.75) is 6.61 Å². The maximum atomic E-state index is 6.35. The monoisotopic (exact) mass is 416 g/mol. The van der Waals surface area contributed by atoms with E-state index >= 15 is 0 Å².